The van der Waals surface area contributed by atoms with Crippen molar-refractivity contribution < 1.29 is 9.18 Å². The van der Waals surface area contributed by atoms with E-state index in [2.05, 4.69) is 15.5 Å². The molecular weight excluding hydrogens is 329 g/mol. The number of carbonyl (C=O) groups excluding carboxylic acids is 1. The molecule has 5 heteroatoms. The fraction of sp³-hybridized carbons (Fsp3) is 0.286. The van der Waals surface area contributed by atoms with Crippen LogP contribution in [0.15, 0.2) is 48.7 Å². The highest BCUT2D eigenvalue weighted by molar-refractivity contribution is 6.31. The molecule has 2 aliphatic rings. The Morgan fingerprint density at radius 2 is 1.81 bits per heavy atom. The van der Waals surface area contributed by atoms with Crippen molar-refractivity contribution in [3.8, 4) is 0 Å². The number of nitrogens with one attached hydrogen (secondary N) is 2. The first-order chi connectivity index (χ1) is 12.7. The molecule has 0 spiro atoms. The highest BCUT2D eigenvalue weighted by Gasteiger charge is 2.23. The molecule has 26 heavy (non-hydrogen) atoms. The van der Waals surface area contributed by atoms with Gasteiger partial charge >= 0.3 is 0 Å². The summed E-state index contributed by atoms with van der Waals surface area (Å²) >= 11 is 0. The molecule has 0 saturated carbocycles. The fourth-order valence-corrected chi connectivity index (χ4v) is 3.60. The summed E-state index contributed by atoms with van der Waals surface area (Å²) < 4.78 is 14.6. The highest BCUT2D eigenvalue weighted by Crippen LogP contribution is 2.31. The summed E-state index contributed by atoms with van der Waals surface area (Å²) in [5, 5.41) is 5.89. The number of fused-ring (bicyclic) bond motifs is 1. The maximum absolute atomic E-state index is 14.6. The summed E-state index contributed by atoms with van der Waals surface area (Å²) in [7, 11) is 0. The minimum Gasteiger partial charge on any atom is -0.369 e. The van der Waals surface area contributed by atoms with E-state index in [4.69, 9.17) is 0 Å². The molecule has 4 nitrogen and oxygen atoms in total. The molecule has 1 fully saturated rings. The Balaban J connectivity index is 1.52. The van der Waals surface area contributed by atoms with E-state index in [9.17, 15) is 9.18 Å². The normalized spacial score (nSPS) is 18.4. The first kappa shape index (κ1) is 16.6. The van der Waals surface area contributed by atoms with Crippen molar-refractivity contribution in [2.45, 2.75) is 25.7 Å². The van der Waals surface area contributed by atoms with Crippen LogP contribution in [0.3, 0.4) is 0 Å². The van der Waals surface area contributed by atoms with Gasteiger partial charge in [-0.1, -0.05) is 31.0 Å². The minimum absolute atomic E-state index is 0.152. The van der Waals surface area contributed by atoms with Gasteiger partial charge in [0.2, 0.25) is 0 Å². The summed E-state index contributed by atoms with van der Waals surface area (Å²) in [4.78, 5) is 14.2. The van der Waals surface area contributed by atoms with Crippen molar-refractivity contribution >= 4 is 28.5 Å². The Hall–Kier alpha value is -2.82. The third-order valence-corrected chi connectivity index (χ3v) is 4.99. The van der Waals surface area contributed by atoms with Gasteiger partial charge in [-0.3, -0.25) is 4.79 Å². The van der Waals surface area contributed by atoms with Crippen LogP contribution >= 0.6 is 0 Å². The number of para-hydroxylation sites is 1. The van der Waals surface area contributed by atoms with Crippen LogP contribution in [-0.2, 0) is 4.79 Å². The molecule has 0 aromatic heterocycles. The molecule has 1 saturated heterocycles. The molecule has 0 bridgehead atoms. The Morgan fingerprint density at radius 3 is 2.58 bits per heavy atom. The highest BCUT2D eigenvalue weighted by atomic mass is 19.1. The third-order valence-electron chi connectivity index (χ3n) is 4.99. The molecule has 2 aromatic carbocycles. The third kappa shape index (κ3) is 3.29. The number of hydrogen-bond donors (Lipinski definition) is 2. The zero-order chi connectivity index (χ0) is 17.9. The van der Waals surface area contributed by atoms with Crippen molar-refractivity contribution in [3.63, 3.8) is 0 Å². The van der Waals surface area contributed by atoms with Crippen LogP contribution in [0, 0.1) is 5.82 Å². The second-order valence-electron chi connectivity index (χ2n) is 6.77. The average molecular weight is 351 g/mol. The van der Waals surface area contributed by atoms with Crippen LogP contribution in [0.1, 0.15) is 31.2 Å². The van der Waals surface area contributed by atoms with Crippen LogP contribution in [0.25, 0.3) is 5.57 Å². The van der Waals surface area contributed by atoms with Crippen molar-refractivity contribution in [2.75, 3.05) is 28.6 Å². The topological polar surface area (TPSA) is 44.4 Å². The molecule has 0 aliphatic carbocycles. The first-order valence-electron chi connectivity index (χ1n) is 9.14. The number of halogens is 1. The number of nitrogens with zero attached hydrogens (tertiary/aromatic N) is 1. The van der Waals surface area contributed by atoms with Gasteiger partial charge in [0.1, 0.15) is 5.82 Å². The smallest absolute Gasteiger partial charge is 0.257 e. The van der Waals surface area contributed by atoms with E-state index < -0.39 is 0 Å². The van der Waals surface area contributed by atoms with Gasteiger partial charge < -0.3 is 15.5 Å². The monoisotopic (exact) mass is 351 g/mol. The lowest BCUT2D eigenvalue weighted by Gasteiger charge is -2.23. The maximum Gasteiger partial charge on any atom is 0.257 e. The van der Waals surface area contributed by atoms with Gasteiger partial charge in [0, 0.05) is 36.2 Å². The predicted octanol–water partition coefficient (Wildman–Crippen LogP) is 4.61. The van der Waals surface area contributed by atoms with Crippen LogP contribution in [0.2, 0.25) is 0 Å². The van der Waals surface area contributed by atoms with Gasteiger partial charge in [0.15, 0.2) is 0 Å². The van der Waals surface area contributed by atoms with Crippen molar-refractivity contribution in [1.82, 2.24) is 0 Å². The number of rotatable bonds is 3. The molecule has 0 radical (unpaired) electrons. The Kier molecular flexibility index (Phi) is 4.61. The number of hydrogen-bond acceptors (Lipinski definition) is 3. The van der Waals surface area contributed by atoms with Crippen molar-refractivity contribution in [3.05, 3.63) is 60.0 Å². The van der Waals surface area contributed by atoms with Gasteiger partial charge in [-0.05, 0) is 37.1 Å². The van der Waals surface area contributed by atoms with Crippen molar-refractivity contribution in [1.29, 1.82) is 0 Å². The van der Waals surface area contributed by atoms with Gasteiger partial charge in [0.05, 0.1) is 11.3 Å². The quantitative estimate of drug-likeness (QED) is 0.794. The Morgan fingerprint density at radius 1 is 1.04 bits per heavy atom. The number of amides is 1. The van der Waals surface area contributed by atoms with E-state index in [1.807, 2.05) is 36.4 Å². The lowest BCUT2D eigenvalue weighted by molar-refractivity contribution is -0.110. The lowest BCUT2D eigenvalue weighted by Crippen LogP contribution is -2.24. The summed E-state index contributed by atoms with van der Waals surface area (Å²) in [5.41, 5.74) is 3.50. The summed E-state index contributed by atoms with van der Waals surface area (Å²) in [5.74, 6) is -0.382. The van der Waals surface area contributed by atoms with E-state index >= 15 is 0 Å². The molecule has 1 amide bonds. The zero-order valence-electron chi connectivity index (χ0n) is 14.6. The van der Waals surface area contributed by atoms with Gasteiger partial charge in [0.25, 0.3) is 5.91 Å². The Labute approximate surface area is 152 Å². The molecule has 2 heterocycles. The fourth-order valence-electron chi connectivity index (χ4n) is 3.60. The van der Waals surface area contributed by atoms with Gasteiger partial charge in [-0.2, -0.15) is 0 Å². The molecule has 0 atom stereocenters. The van der Waals surface area contributed by atoms with E-state index in [1.54, 1.807) is 6.20 Å². The van der Waals surface area contributed by atoms with E-state index in [1.165, 1.54) is 18.9 Å². The summed E-state index contributed by atoms with van der Waals surface area (Å²) in [6, 6.07) is 12.7. The van der Waals surface area contributed by atoms with E-state index in [0.29, 0.717) is 16.9 Å². The molecule has 134 valence electrons. The molecular formula is C21H22FN3O. The van der Waals surface area contributed by atoms with Crippen LogP contribution in [0.5, 0.6) is 0 Å². The second kappa shape index (κ2) is 7.20. The minimum atomic E-state index is -0.230. The lowest BCUT2D eigenvalue weighted by atomic mass is 10.1. The van der Waals surface area contributed by atoms with Crippen molar-refractivity contribution in [2.24, 2.45) is 0 Å². The number of anilines is 3. The average Bonchev–Trinajstić information content (AvgIpc) is 2.81. The van der Waals surface area contributed by atoms with Gasteiger partial charge in [-0.25, -0.2) is 4.39 Å². The standard InChI is InChI=1S/C21H22FN3O/c22-18-13-15(9-10-20(18)25-11-5-1-2-6-12-25)23-14-17-16-7-3-4-8-19(16)24-21(17)26/h3-4,7-10,13-14,23H,1-2,5-6,11-12H2,(H,24,26). The summed E-state index contributed by atoms with van der Waals surface area (Å²) in [6.45, 7) is 1.81. The van der Waals surface area contributed by atoms with Crippen LogP contribution < -0.4 is 15.5 Å². The second-order valence-corrected chi connectivity index (χ2v) is 6.77. The molecule has 0 unspecified atom stereocenters. The first-order valence-corrected chi connectivity index (χ1v) is 9.14. The SMILES string of the molecule is O=C1Nc2ccccc2C1=CNc1ccc(N2CCCCCC2)c(F)c1. The number of carbonyl (C=O) groups is 1. The summed E-state index contributed by atoms with van der Waals surface area (Å²) in [6.07, 6.45) is 6.30. The molecule has 2 N–H and O–H groups in total. The number of benzene rings is 2. The maximum atomic E-state index is 14.6. The van der Waals surface area contributed by atoms with E-state index in [0.717, 1.165) is 37.2 Å². The van der Waals surface area contributed by atoms with Crippen LogP contribution in [0.4, 0.5) is 21.5 Å². The van der Waals surface area contributed by atoms with Crippen LogP contribution in [-0.4, -0.2) is 19.0 Å². The Bertz CT molecular complexity index is 854. The largest absolute Gasteiger partial charge is 0.369 e. The molecule has 2 aromatic rings. The molecule has 2 aliphatic heterocycles. The van der Waals surface area contributed by atoms with E-state index in [-0.39, 0.29) is 11.7 Å². The molecule has 4 rings (SSSR count). The zero-order valence-corrected chi connectivity index (χ0v) is 14.6. The van der Waals surface area contributed by atoms with Gasteiger partial charge in [-0.15, -0.1) is 0 Å². The predicted molar refractivity (Wildman–Crippen MR) is 104 cm³/mol.